The second kappa shape index (κ2) is 23.2. The Morgan fingerprint density at radius 3 is 0.989 bits per heavy atom. The molecular formula is C83H49F3N8. The number of nitrogens with zero attached hydrogens (tertiary/aromatic N) is 8. The van der Waals surface area contributed by atoms with E-state index in [1.165, 1.54) is 6.07 Å². The average Bonchev–Trinajstić information content (AvgIpc) is 1.54. The quantitative estimate of drug-likeness (QED) is 0.120. The number of rotatable bonds is 11. The van der Waals surface area contributed by atoms with Crippen molar-refractivity contribution in [3.05, 3.63) is 320 Å². The molecule has 0 aliphatic heterocycles. The van der Waals surface area contributed by atoms with Crippen LogP contribution in [0.15, 0.2) is 298 Å². The second-order valence-electron chi connectivity index (χ2n) is 23.1. The van der Waals surface area contributed by atoms with Crippen LogP contribution in [0.2, 0.25) is 0 Å². The van der Waals surface area contributed by atoms with Crippen LogP contribution in [0.4, 0.5) is 18.9 Å². The third kappa shape index (κ3) is 10.2. The fourth-order valence-electron chi connectivity index (χ4n) is 13.0. The monoisotopic (exact) mass is 1210 g/mol. The highest BCUT2D eigenvalue weighted by Gasteiger charge is 2.33. The lowest BCUT2D eigenvalue weighted by atomic mass is 9.96. The average molecular weight is 1220 g/mol. The van der Waals surface area contributed by atoms with Crippen LogP contribution >= 0.6 is 0 Å². The molecule has 6 aromatic heterocycles. The number of hydrogen-bond acceptors (Lipinski definition) is 5. The fourth-order valence-corrected chi connectivity index (χ4v) is 13.0. The Kier molecular flexibility index (Phi) is 13.9. The maximum atomic E-state index is 15.3. The Morgan fingerprint density at radius 1 is 0.340 bits per heavy atom. The Hall–Kier alpha value is -12.8. The Labute approximate surface area is 538 Å². The van der Waals surface area contributed by atoms with Crippen molar-refractivity contribution in [1.82, 2.24) is 29.1 Å². The molecule has 0 saturated carbocycles. The SMILES string of the molecule is [C-]#[N+]c1c(-n2c3cc(-c4ccc(-c5ccccc5)nc4)ccc3c3ccc(-c4ccc(-c5ccccc5)nc4)cc32)ccc(-c2cc(C#N)cc(C(F)(F)F)c2)c1-n1c2cc(-c3ccc(-c4ccccc4)nc3)ccc2c2ccc(-c3ccc(-c4ccccc4)nc3)cc21. The first-order valence-electron chi connectivity index (χ1n) is 30.5. The minimum absolute atomic E-state index is 0.103. The lowest BCUT2D eigenvalue weighted by Gasteiger charge is -2.21. The van der Waals surface area contributed by atoms with Crippen LogP contribution in [0.5, 0.6) is 0 Å². The standard InChI is InChI=1S/C83H49F3N8/c1-88-81-76(93-77-43-57(61-26-35-72(89-48-61)53-14-6-2-7-15-53)22-30-68(77)69-31-23-58(44-78(69)93)62-27-36-73(90-49-62)54-16-8-3-9-17-54)39-34-67(65-40-52(47-87)41-66(42-65)83(84,85)86)82(81)94-79-45-59(63-28-37-74(91-50-63)55-18-10-4-11-19-55)24-32-70(79)71-33-25-60(46-80(71)94)64-29-38-75(92-51-64)56-20-12-5-13-21-56/h2-46,48-51H. The van der Waals surface area contributed by atoms with Crippen molar-refractivity contribution in [1.29, 1.82) is 5.26 Å². The minimum Gasteiger partial charge on any atom is -0.319 e. The van der Waals surface area contributed by atoms with Crippen LogP contribution in [0, 0.1) is 17.9 Å². The van der Waals surface area contributed by atoms with Crippen LogP contribution < -0.4 is 0 Å². The molecule has 0 spiro atoms. The molecule has 94 heavy (non-hydrogen) atoms. The zero-order valence-corrected chi connectivity index (χ0v) is 50.0. The summed E-state index contributed by atoms with van der Waals surface area (Å²) >= 11 is 0. The van der Waals surface area contributed by atoms with E-state index in [9.17, 15) is 11.8 Å². The molecule has 0 amide bonds. The summed E-state index contributed by atoms with van der Waals surface area (Å²) in [5, 5.41) is 14.0. The third-order valence-corrected chi connectivity index (χ3v) is 17.6. The number of hydrogen-bond donors (Lipinski definition) is 0. The molecule has 0 atom stereocenters. The molecule has 8 nitrogen and oxygen atoms in total. The fraction of sp³-hybridized carbons (Fsp3) is 0.0120. The number of halogens is 3. The van der Waals surface area contributed by atoms with Crippen molar-refractivity contribution < 1.29 is 13.2 Å². The smallest absolute Gasteiger partial charge is 0.319 e. The van der Waals surface area contributed by atoms with Gasteiger partial charge in [0.25, 0.3) is 0 Å². The molecule has 16 rings (SSSR count). The third-order valence-electron chi connectivity index (χ3n) is 17.6. The van der Waals surface area contributed by atoms with Crippen LogP contribution in [0.3, 0.4) is 0 Å². The van der Waals surface area contributed by atoms with Gasteiger partial charge in [0.1, 0.15) is 0 Å². The summed E-state index contributed by atoms with van der Waals surface area (Å²) in [7, 11) is 0. The first-order valence-corrected chi connectivity index (χ1v) is 30.5. The molecule has 0 unspecified atom stereocenters. The van der Waals surface area contributed by atoms with Crippen molar-refractivity contribution in [2.75, 3.05) is 0 Å². The number of nitriles is 1. The summed E-state index contributed by atoms with van der Waals surface area (Å²) in [5.41, 5.74) is 17.0. The predicted octanol–water partition coefficient (Wildman–Crippen LogP) is 21.9. The van der Waals surface area contributed by atoms with Crippen molar-refractivity contribution in [2.24, 2.45) is 0 Å². The lowest BCUT2D eigenvalue weighted by molar-refractivity contribution is -0.137. The van der Waals surface area contributed by atoms with Gasteiger partial charge in [-0.15, -0.1) is 0 Å². The molecule has 0 radical (unpaired) electrons. The first kappa shape index (κ1) is 56.4. The van der Waals surface area contributed by atoms with Gasteiger partial charge >= 0.3 is 6.18 Å². The molecule has 0 aliphatic rings. The van der Waals surface area contributed by atoms with Crippen LogP contribution in [-0.4, -0.2) is 29.1 Å². The topological polar surface area (TPSA) is 89.6 Å². The summed E-state index contributed by atoms with van der Waals surface area (Å²) in [4.78, 5) is 24.2. The van der Waals surface area contributed by atoms with Gasteiger partial charge in [0.15, 0.2) is 0 Å². The van der Waals surface area contributed by atoms with E-state index in [4.69, 9.17) is 19.9 Å². The van der Waals surface area contributed by atoms with E-state index in [1.807, 2.05) is 211 Å². The van der Waals surface area contributed by atoms with Crippen molar-refractivity contribution in [3.8, 4) is 118 Å². The van der Waals surface area contributed by atoms with E-state index in [0.29, 0.717) is 28.0 Å². The van der Waals surface area contributed by atoms with E-state index >= 15 is 13.2 Å². The largest absolute Gasteiger partial charge is 0.416 e. The maximum absolute atomic E-state index is 15.3. The molecule has 0 saturated heterocycles. The van der Waals surface area contributed by atoms with Crippen LogP contribution in [-0.2, 0) is 6.18 Å². The number of pyridine rings is 4. The van der Waals surface area contributed by atoms with Crippen LogP contribution in [0.1, 0.15) is 11.1 Å². The Bertz CT molecular complexity index is 5400. The van der Waals surface area contributed by atoms with E-state index in [0.717, 1.165) is 134 Å². The molecule has 6 heterocycles. The summed E-state index contributed by atoms with van der Waals surface area (Å²) in [6.45, 7) is 9.65. The van der Waals surface area contributed by atoms with Gasteiger partial charge in [-0.2, -0.15) is 18.4 Å². The van der Waals surface area contributed by atoms with E-state index in [-0.39, 0.29) is 16.8 Å². The zero-order chi connectivity index (χ0) is 63.4. The summed E-state index contributed by atoms with van der Waals surface area (Å²) in [5.74, 6) is 0. The second-order valence-corrected chi connectivity index (χ2v) is 23.1. The minimum atomic E-state index is -4.82. The molecule has 442 valence electrons. The van der Waals surface area contributed by atoms with Gasteiger partial charge in [-0.3, -0.25) is 19.9 Å². The molecule has 11 heteroatoms. The van der Waals surface area contributed by atoms with Gasteiger partial charge < -0.3 is 9.13 Å². The number of alkyl halides is 3. The maximum Gasteiger partial charge on any atom is 0.416 e. The number of benzene rings is 10. The van der Waals surface area contributed by atoms with Gasteiger partial charge in [0, 0.05) is 90.8 Å². The van der Waals surface area contributed by atoms with E-state index in [1.54, 1.807) is 6.07 Å². The highest BCUT2D eigenvalue weighted by molar-refractivity contribution is 6.14. The van der Waals surface area contributed by atoms with Gasteiger partial charge in [0.2, 0.25) is 5.69 Å². The van der Waals surface area contributed by atoms with Gasteiger partial charge in [-0.1, -0.05) is 200 Å². The molecule has 10 aromatic carbocycles. The van der Waals surface area contributed by atoms with Crippen molar-refractivity contribution >= 4 is 49.3 Å². The highest BCUT2D eigenvalue weighted by atomic mass is 19.4. The molecule has 0 fully saturated rings. The van der Waals surface area contributed by atoms with Crippen LogP contribution in [0.25, 0.3) is 160 Å². The lowest BCUT2D eigenvalue weighted by Crippen LogP contribution is -2.07. The molecule has 0 aliphatic carbocycles. The predicted molar refractivity (Wildman–Crippen MR) is 371 cm³/mol. The summed E-state index contributed by atoms with van der Waals surface area (Å²) in [6.07, 6.45) is 2.61. The number of fused-ring (bicyclic) bond motifs is 6. The zero-order valence-electron chi connectivity index (χ0n) is 50.0. The van der Waals surface area contributed by atoms with Crippen molar-refractivity contribution in [3.63, 3.8) is 0 Å². The van der Waals surface area contributed by atoms with Crippen molar-refractivity contribution in [2.45, 2.75) is 6.18 Å². The molecule has 0 N–H and O–H groups in total. The van der Waals surface area contributed by atoms with Gasteiger partial charge in [0.05, 0.1) is 80.0 Å². The van der Waals surface area contributed by atoms with E-state index in [2.05, 4.69) is 82.2 Å². The normalized spacial score (nSPS) is 11.5. The highest BCUT2D eigenvalue weighted by Crippen LogP contribution is 2.49. The van der Waals surface area contributed by atoms with Gasteiger partial charge in [-0.25, -0.2) is 4.85 Å². The molecule has 16 aromatic rings. The van der Waals surface area contributed by atoms with Gasteiger partial charge in [-0.05, 0) is 106 Å². The summed E-state index contributed by atoms with van der Waals surface area (Å²) in [6, 6.07) is 90.1. The molecular weight excluding hydrogens is 1170 g/mol. The van der Waals surface area contributed by atoms with E-state index < -0.39 is 11.7 Å². The first-order chi connectivity index (χ1) is 46.1. The molecule has 0 bridgehead atoms. The Balaban J connectivity index is 0.983. The number of aromatic nitrogens is 6. The Morgan fingerprint density at radius 2 is 0.681 bits per heavy atom. The summed E-state index contributed by atoms with van der Waals surface area (Å²) < 4.78 is 49.9.